The van der Waals surface area contributed by atoms with Gasteiger partial charge >= 0.3 is 0 Å². The number of benzene rings is 1. The number of ether oxygens (including phenoxy) is 1. The molecule has 1 amide bonds. The zero-order valence-corrected chi connectivity index (χ0v) is 14.5. The largest absolute Gasteiger partial charge is 0.385 e. The van der Waals surface area contributed by atoms with Crippen LogP contribution in [-0.4, -0.2) is 61.1 Å². The lowest BCUT2D eigenvalue weighted by Crippen LogP contribution is -2.53. The number of amides is 1. The van der Waals surface area contributed by atoms with E-state index >= 15 is 0 Å². The average molecular weight is 334 g/mol. The van der Waals surface area contributed by atoms with Crippen molar-refractivity contribution in [1.82, 2.24) is 9.80 Å². The Labute approximate surface area is 143 Å². The van der Waals surface area contributed by atoms with Crippen LogP contribution in [0.1, 0.15) is 42.5 Å². The van der Waals surface area contributed by atoms with Crippen molar-refractivity contribution in [2.45, 2.75) is 37.6 Å². The molecule has 0 saturated carbocycles. The Morgan fingerprint density at radius 3 is 2.54 bits per heavy atom. The van der Waals surface area contributed by atoms with Gasteiger partial charge in [-0.1, -0.05) is 0 Å². The number of hydrogen-bond donors (Lipinski definition) is 0. The minimum absolute atomic E-state index is 0.0220. The maximum absolute atomic E-state index is 13.0. The first-order chi connectivity index (χ1) is 11.6. The zero-order chi connectivity index (χ0) is 17.0. The molecule has 0 aromatic heterocycles. The monoisotopic (exact) mass is 334 g/mol. The minimum atomic E-state index is -0.304. The van der Waals surface area contributed by atoms with Crippen molar-refractivity contribution in [2.75, 3.05) is 39.9 Å². The highest BCUT2D eigenvalue weighted by Gasteiger charge is 2.43. The number of carbonyl (C=O) groups is 1. The molecule has 0 aliphatic carbocycles. The number of likely N-dealkylation sites (tertiary alicyclic amines) is 2. The summed E-state index contributed by atoms with van der Waals surface area (Å²) < 4.78 is 18.2. The van der Waals surface area contributed by atoms with E-state index in [0.29, 0.717) is 5.56 Å². The highest BCUT2D eigenvalue weighted by molar-refractivity contribution is 5.94. The van der Waals surface area contributed by atoms with Crippen LogP contribution in [0.5, 0.6) is 0 Å². The molecule has 2 heterocycles. The topological polar surface area (TPSA) is 32.8 Å². The standard InChI is InChI=1S/C19H27FN2O2/c1-24-15-3-12-22-11-2-8-19(22)9-13-21(14-10-19)18(23)16-4-6-17(20)7-5-16/h4-7H,2-3,8-15H2,1H3. The summed E-state index contributed by atoms with van der Waals surface area (Å²) in [5, 5.41) is 0. The second-order valence-electron chi connectivity index (χ2n) is 6.96. The van der Waals surface area contributed by atoms with Gasteiger partial charge in [0.2, 0.25) is 0 Å². The van der Waals surface area contributed by atoms with Crippen LogP contribution in [0.15, 0.2) is 24.3 Å². The fourth-order valence-corrected chi connectivity index (χ4v) is 4.21. The summed E-state index contributed by atoms with van der Waals surface area (Å²) in [5.41, 5.74) is 0.851. The van der Waals surface area contributed by atoms with E-state index in [4.69, 9.17) is 4.74 Å². The number of hydrogen-bond acceptors (Lipinski definition) is 3. The van der Waals surface area contributed by atoms with Crippen LogP contribution in [0.4, 0.5) is 4.39 Å². The normalized spacial score (nSPS) is 20.7. The summed E-state index contributed by atoms with van der Waals surface area (Å²) in [6, 6.07) is 5.86. The van der Waals surface area contributed by atoms with Crippen LogP contribution in [0, 0.1) is 5.82 Å². The molecule has 132 valence electrons. The maximum Gasteiger partial charge on any atom is 0.253 e. The third kappa shape index (κ3) is 3.62. The number of rotatable bonds is 5. The number of halogens is 1. The second kappa shape index (κ2) is 7.62. The lowest BCUT2D eigenvalue weighted by Gasteiger charge is -2.45. The first-order valence-electron chi connectivity index (χ1n) is 8.93. The van der Waals surface area contributed by atoms with E-state index in [-0.39, 0.29) is 17.3 Å². The van der Waals surface area contributed by atoms with Gasteiger partial charge in [-0.15, -0.1) is 0 Å². The summed E-state index contributed by atoms with van der Waals surface area (Å²) in [5.74, 6) is -0.282. The van der Waals surface area contributed by atoms with Crippen LogP contribution >= 0.6 is 0 Å². The molecule has 2 aliphatic rings. The van der Waals surface area contributed by atoms with E-state index < -0.39 is 0 Å². The first-order valence-corrected chi connectivity index (χ1v) is 8.93. The molecule has 2 saturated heterocycles. The van der Waals surface area contributed by atoms with Gasteiger partial charge in [0.05, 0.1) is 0 Å². The Bertz CT molecular complexity index is 553. The van der Waals surface area contributed by atoms with Gasteiger partial charge in [0.1, 0.15) is 5.82 Å². The highest BCUT2D eigenvalue weighted by Crippen LogP contribution is 2.38. The fraction of sp³-hybridized carbons (Fsp3) is 0.632. The van der Waals surface area contributed by atoms with Crippen molar-refractivity contribution in [3.8, 4) is 0 Å². The molecule has 2 aliphatic heterocycles. The molecule has 1 aromatic carbocycles. The molecule has 5 heteroatoms. The van der Waals surface area contributed by atoms with Gasteiger partial charge < -0.3 is 9.64 Å². The molecule has 0 bridgehead atoms. The summed E-state index contributed by atoms with van der Waals surface area (Å²) in [6.07, 6.45) is 5.62. The fourth-order valence-electron chi connectivity index (χ4n) is 4.21. The van der Waals surface area contributed by atoms with Crippen LogP contribution in [0.2, 0.25) is 0 Å². The Hall–Kier alpha value is -1.46. The molecule has 1 aromatic rings. The molecule has 0 atom stereocenters. The van der Waals surface area contributed by atoms with Crippen molar-refractivity contribution in [2.24, 2.45) is 0 Å². The van der Waals surface area contributed by atoms with E-state index in [1.54, 1.807) is 19.2 Å². The molecule has 24 heavy (non-hydrogen) atoms. The van der Waals surface area contributed by atoms with Crippen LogP contribution < -0.4 is 0 Å². The van der Waals surface area contributed by atoms with Crippen molar-refractivity contribution < 1.29 is 13.9 Å². The third-order valence-electron chi connectivity index (χ3n) is 5.59. The van der Waals surface area contributed by atoms with Gasteiger partial charge in [-0.05, 0) is 62.9 Å². The smallest absolute Gasteiger partial charge is 0.253 e. The lowest BCUT2D eigenvalue weighted by molar-refractivity contribution is 0.0382. The maximum atomic E-state index is 13.0. The first kappa shape index (κ1) is 17.4. The van der Waals surface area contributed by atoms with Gasteiger partial charge in [0.15, 0.2) is 0 Å². The number of nitrogens with zero attached hydrogens (tertiary/aromatic N) is 2. The molecule has 3 rings (SSSR count). The summed E-state index contributed by atoms with van der Waals surface area (Å²) in [4.78, 5) is 17.1. The summed E-state index contributed by atoms with van der Waals surface area (Å²) in [7, 11) is 1.75. The van der Waals surface area contributed by atoms with E-state index in [9.17, 15) is 9.18 Å². The third-order valence-corrected chi connectivity index (χ3v) is 5.59. The van der Waals surface area contributed by atoms with Gasteiger partial charge in [-0.3, -0.25) is 9.69 Å². The molecule has 4 nitrogen and oxygen atoms in total. The number of methoxy groups -OCH3 is 1. The van der Waals surface area contributed by atoms with Gasteiger partial charge in [-0.2, -0.15) is 0 Å². The van der Waals surface area contributed by atoms with Crippen molar-refractivity contribution >= 4 is 5.91 Å². The Kier molecular flexibility index (Phi) is 5.51. The predicted molar refractivity (Wildman–Crippen MR) is 91.6 cm³/mol. The van der Waals surface area contributed by atoms with Crippen molar-refractivity contribution in [3.05, 3.63) is 35.6 Å². The van der Waals surface area contributed by atoms with E-state index in [2.05, 4.69) is 4.90 Å². The van der Waals surface area contributed by atoms with Crippen molar-refractivity contribution in [3.63, 3.8) is 0 Å². The van der Waals surface area contributed by atoms with Crippen LogP contribution in [0.25, 0.3) is 0 Å². The van der Waals surface area contributed by atoms with E-state index in [1.165, 1.54) is 25.0 Å². The molecular formula is C19H27FN2O2. The van der Waals surface area contributed by atoms with Gasteiger partial charge in [0, 0.05) is 44.5 Å². The predicted octanol–water partition coefficient (Wildman–Crippen LogP) is 2.93. The lowest BCUT2D eigenvalue weighted by atomic mass is 9.84. The molecular weight excluding hydrogens is 307 g/mol. The molecule has 0 unspecified atom stereocenters. The van der Waals surface area contributed by atoms with Crippen LogP contribution in [-0.2, 0) is 4.74 Å². The Morgan fingerprint density at radius 2 is 1.88 bits per heavy atom. The number of piperidine rings is 1. The molecule has 0 N–H and O–H groups in total. The van der Waals surface area contributed by atoms with Crippen molar-refractivity contribution in [1.29, 1.82) is 0 Å². The van der Waals surface area contributed by atoms with Crippen LogP contribution in [0.3, 0.4) is 0 Å². The minimum Gasteiger partial charge on any atom is -0.385 e. The number of carbonyl (C=O) groups excluding carboxylic acids is 1. The quantitative estimate of drug-likeness (QED) is 0.776. The summed E-state index contributed by atoms with van der Waals surface area (Å²) >= 11 is 0. The Balaban J connectivity index is 1.58. The zero-order valence-electron chi connectivity index (χ0n) is 14.5. The van der Waals surface area contributed by atoms with Gasteiger partial charge in [0.25, 0.3) is 5.91 Å². The van der Waals surface area contributed by atoms with Gasteiger partial charge in [-0.25, -0.2) is 4.39 Å². The molecule has 2 fully saturated rings. The average Bonchev–Trinajstić information content (AvgIpc) is 2.98. The Morgan fingerprint density at radius 1 is 1.17 bits per heavy atom. The SMILES string of the molecule is COCCCN1CCCC12CCN(C(=O)c1ccc(F)cc1)CC2. The highest BCUT2D eigenvalue weighted by atomic mass is 19.1. The van der Waals surface area contributed by atoms with E-state index in [1.807, 2.05) is 4.90 Å². The van der Waals surface area contributed by atoms with E-state index in [0.717, 1.165) is 52.0 Å². The summed E-state index contributed by atoms with van der Waals surface area (Å²) in [6.45, 7) is 4.63. The molecule has 0 radical (unpaired) electrons. The second-order valence-corrected chi connectivity index (χ2v) is 6.96. The molecule has 1 spiro atoms.